The van der Waals surface area contributed by atoms with Crippen LogP contribution in [0.15, 0.2) is 42.5 Å². The Kier molecular flexibility index (Phi) is 3.74. The third kappa shape index (κ3) is 3.14. The number of ether oxygens (including phenoxy) is 1. The fourth-order valence-corrected chi connectivity index (χ4v) is 1.54. The van der Waals surface area contributed by atoms with Gasteiger partial charge in [-0.3, -0.25) is 4.79 Å². The first-order chi connectivity index (χ1) is 9.40. The molecule has 0 aromatic heterocycles. The molecular weight excluding hydrogens is 276 g/mol. The smallest absolute Gasteiger partial charge is 0.419 e. The highest BCUT2D eigenvalue weighted by molar-refractivity contribution is 5.74. The number of alkyl halides is 3. The van der Waals surface area contributed by atoms with Gasteiger partial charge in [0.15, 0.2) is 0 Å². The van der Waals surface area contributed by atoms with Crippen molar-refractivity contribution in [3.05, 3.63) is 59.4 Å². The Hall–Kier alpha value is -2.37. The van der Waals surface area contributed by atoms with E-state index < -0.39 is 17.6 Å². The van der Waals surface area contributed by atoms with Crippen LogP contribution < -0.4 is 4.74 Å². The third-order valence-electron chi connectivity index (χ3n) is 2.50. The minimum Gasteiger partial charge on any atom is -0.457 e. The predicted molar refractivity (Wildman–Crippen MR) is 63.3 cm³/mol. The molecule has 6 heteroatoms. The van der Waals surface area contributed by atoms with Crippen LogP contribution in [0.25, 0.3) is 0 Å². The SMILES string of the molecule is O=Cc1ccc(Oc2ccc(C(F)(F)F)c(F)c2)cc1. The molecule has 0 saturated heterocycles. The summed E-state index contributed by atoms with van der Waals surface area (Å²) in [5.41, 5.74) is -0.919. The average molecular weight is 284 g/mol. The lowest BCUT2D eigenvalue weighted by molar-refractivity contribution is -0.140. The number of carbonyl (C=O) groups excluding carboxylic acids is 1. The second kappa shape index (κ2) is 5.32. The number of benzene rings is 2. The van der Waals surface area contributed by atoms with E-state index in [1.807, 2.05) is 0 Å². The van der Waals surface area contributed by atoms with E-state index in [9.17, 15) is 22.4 Å². The lowest BCUT2D eigenvalue weighted by Crippen LogP contribution is -2.07. The molecule has 0 spiro atoms. The Balaban J connectivity index is 2.21. The summed E-state index contributed by atoms with van der Waals surface area (Å²) >= 11 is 0. The molecule has 2 nitrogen and oxygen atoms in total. The molecular formula is C14H8F4O2. The van der Waals surface area contributed by atoms with Crippen LogP contribution in [0.2, 0.25) is 0 Å². The second-order valence-corrected chi connectivity index (χ2v) is 3.93. The van der Waals surface area contributed by atoms with E-state index in [0.29, 0.717) is 24.0 Å². The van der Waals surface area contributed by atoms with Gasteiger partial charge in [0.1, 0.15) is 23.6 Å². The third-order valence-corrected chi connectivity index (χ3v) is 2.50. The lowest BCUT2D eigenvalue weighted by Gasteiger charge is -2.10. The zero-order chi connectivity index (χ0) is 14.8. The predicted octanol–water partition coefficient (Wildman–Crippen LogP) is 4.45. The quantitative estimate of drug-likeness (QED) is 0.615. The number of hydrogen-bond acceptors (Lipinski definition) is 2. The molecule has 0 amide bonds. The molecule has 0 aliphatic rings. The number of hydrogen-bond donors (Lipinski definition) is 0. The molecule has 0 fully saturated rings. The van der Waals surface area contributed by atoms with Crippen molar-refractivity contribution in [2.45, 2.75) is 6.18 Å². The van der Waals surface area contributed by atoms with Crippen LogP contribution in [0.4, 0.5) is 17.6 Å². The van der Waals surface area contributed by atoms with Crippen molar-refractivity contribution in [3.8, 4) is 11.5 Å². The summed E-state index contributed by atoms with van der Waals surface area (Å²) in [7, 11) is 0. The highest BCUT2D eigenvalue weighted by atomic mass is 19.4. The van der Waals surface area contributed by atoms with Gasteiger partial charge in [-0.25, -0.2) is 4.39 Å². The minimum absolute atomic E-state index is 0.0608. The number of aldehydes is 1. The van der Waals surface area contributed by atoms with Crippen LogP contribution in [0, 0.1) is 5.82 Å². The van der Waals surface area contributed by atoms with Gasteiger partial charge < -0.3 is 4.74 Å². The van der Waals surface area contributed by atoms with Crippen molar-refractivity contribution in [1.29, 1.82) is 0 Å². The van der Waals surface area contributed by atoms with Crippen LogP contribution in [-0.4, -0.2) is 6.29 Å². The molecule has 0 saturated carbocycles. The fourth-order valence-electron chi connectivity index (χ4n) is 1.54. The van der Waals surface area contributed by atoms with E-state index in [1.165, 1.54) is 24.3 Å². The molecule has 0 atom stereocenters. The summed E-state index contributed by atoms with van der Waals surface area (Å²) in [4.78, 5) is 10.5. The fraction of sp³-hybridized carbons (Fsp3) is 0.0714. The molecule has 0 N–H and O–H groups in total. The van der Waals surface area contributed by atoms with Crippen LogP contribution in [-0.2, 0) is 6.18 Å². The summed E-state index contributed by atoms with van der Waals surface area (Å²) in [5.74, 6) is -1.18. The molecule has 2 rings (SSSR count). The van der Waals surface area contributed by atoms with Crippen molar-refractivity contribution in [1.82, 2.24) is 0 Å². The average Bonchev–Trinajstić information content (AvgIpc) is 2.38. The van der Waals surface area contributed by atoms with Crippen LogP contribution in [0.5, 0.6) is 11.5 Å². The van der Waals surface area contributed by atoms with Crippen LogP contribution in [0.3, 0.4) is 0 Å². The molecule has 0 unspecified atom stereocenters. The van der Waals surface area contributed by atoms with Gasteiger partial charge in [-0.05, 0) is 36.4 Å². The maximum atomic E-state index is 13.3. The molecule has 20 heavy (non-hydrogen) atoms. The second-order valence-electron chi connectivity index (χ2n) is 3.93. The maximum Gasteiger partial charge on any atom is 0.419 e. The summed E-state index contributed by atoms with van der Waals surface area (Å²) in [6.07, 6.45) is -4.10. The Morgan fingerprint density at radius 3 is 2.05 bits per heavy atom. The minimum atomic E-state index is -4.74. The standard InChI is InChI=1S/C14H8F4O2/c15-13-7-11(5-6-12(13)14(16,17)18)20-10-3-1-9(8-19)2-4-10/h1-8H. The van der Waals surface area contributed by atoms with Gasteiger partial charge in [0.05, 0.1) is 5.56 Å². The summed E-state index contributed by atoms with van der Waals surface area (Å²) in [5, 5.41) is 0. The van der Waals surface area contributed by atoms with Crippen LogP contribution in [0.1, 0.15) is 15.9 Å². The van der Waals surface area contributed by atoms with E-state index in [0.717, 1.165) is 6.07 Å². The van der Waals surface area contributed by atoms with Gasteiger partial charge in [0, 0.05) is 11.6 Å². The van der Waals surface area contributed by atoms with Gasteiger partial charge in [0.25, 0.3) is 0 Å². The van der Waals surface area contributed by atoms with Gasteiger partial charge in [-0.15, -0.1) is 0 Å². The Labute approximate surface area is 111 Å². The first-order valence-electron chi connectivity index (χ1n) is 5.50. The zero-order valence-corrected chi connectivity index (χ0v) is 9.95. The molecule has 2 aromatic carbocycles. The van der Waals surface area contributed by atoms with Crippen LogP contribution >= 0.6 is 0 Å². The first-order valence-corrected chi connectivity index (χ1v) is 5.50. The molecule has 0 aliphatic carbocycles. The Morgan fingerprint density at radius 1 is 0.950 bits per heavy atom. The van der Waals surface area contributed by atoms with Gasteiger partial charge >= 0.3 is 6.18 Å². The Bertz CT molecular complexity index is 618. The van der Waals surface area contributed by atoms with E-state index in [1.54, 1.807) is 0 Å². The molecule has 0 aliphatic heterocycles. The largest absolute Gasteiger partial charge is 0.457 e. The van der Waals surface area contributed by atoms with Crippen molar-refractivity contribution in [3.63, 3.8) is 0 Å². The van der Waals surface area contributed by atoms with E-state index in [2.05, 4.69) is 0 Å². The molecule has 0 radical (unpaired) electrons. The van der Waals surface area contributed by atoms with E-state index in [4.69, 9.17) is 4.74 Å². The number of carbonyl (C=O) groups is 1. The van der Waals surface area contributed by atoms with Gasteiger partial charge in [0.2, 0.25) is 0 Å². The first kappa shape index (κ1) is 14.0. The van der Waals surface area contributed by atoms with Crippen molar-refractivity contribution < 1.29 is 27.1 Å². The number of halogens is 4. The number of rotatable bonds is 3. The van der Waals surface area contributed by atoms with Gasteiger partial charge in [-0.1, -0.05) is 0 Å². The summed E-state index contributed by atoms with van der Waals surface area (Å²) in [6, 6.07) is 8.17. The van der Waals surface area contributed by atoms with Crippen molar-refractivity contribution >= 4 is 6.29 Å². The van der Waals surface area contributed by atoms with Crippen molar-refractivity contribution in [2.75, 3.05) is 0 Å². The summed E-state index contributed by atoms with van der Waals surface area (Å²) < 4.78 is 55.7. The van der Waals surface area contributed by atoms with Crippen molar-refractivity contribution in [2.24, 2.45) is 0 Å². The van der Waals surface area contributed by atoms with E-state index in [-0.39, 0.29) is 11.5 Å². The zero-order valence-electron chi connectivity index (χ0n) is 9.95. The highest BCUT2D eigenvalue weighted by Crippen LogP contribution is 2.33. The van der Waals surface area contributed by atoms with E-state index >= 15 is 0 Å². The Morgan fingerprint density at radius 2 is 1.55 bits per heavy atom. The molecule has 0 heterocycles. The topological polar surface area (TPSA) is 26.3 Å². The highest BCUT2D eigenvalue weighted by Gasteiger charge is 2.34. The summed E-state index contributed by atoms with van der Waals surface area (Å²) in [6.45, 7) is 0. The monoisotopic (exact) mass is 284 g/mol. The maximum absolute atomic E-state index is 13.3. The molecule has 104 valence electrons. The lowest BCUT2D eigenvalue weighted by atomic mass is 10.2. The molecule has 2 aromatic rings. The molecule has 0 bridgehead atoms. The normalized spacial score (nSPS) is 11.2. The van der Waals surface area contributed by atoms with Gasteiger partial charge in [-0.2, -0.15) is 13.2 Å².